The largest absolute Gasteiger partial charge is 0.493 e. The lowest BCUT2D eigenvalue weighted by molar-refractivity contribution is -0.138. The van der Waals surface area contributed by atoms with Crippen molar-refractivity contribution in [2.24, 2.45) is 0 Å². The molecule has 1 saturated heterocycles. The van der Waals surface area contributed by atoms with Gasteiger partial charge in [0.2, 0.25) is 5.91 Å². The number of hydrogen-bond donors (Lipinski definition) is 2. The Morgan fingerprint density at radius 1 is 1.35 bits per heavy atom. The zero-order valence-electron chi connectivity index (χ0n) is 12.9. The van der Waals surface area contributed by atoms with Crippen LogP contribution >= 0.6 is 0 Å². The summed E-state index contributed by atoms with van der Waals surface area (Å²) in [7, 11) is 0. The van der Waals surface area contributed by atoms with Crippen molar-refractivity contribution in [2.75, 3.05) is 19.7 Å². The summed E-state index contributed by atoms with van der Waals surface area (Å²) in [4.78, 5) is 36.9. The Hall–Kier alpha value is -2.57. The molecule has 0 saturated carbocycles. The fraction of sp³-hybridized carbons (Fsp3) is 0.438. The number of benzene rings is 1. The average molecular weight is 320 g/mol. The predicted molar refractivity (Wildman–Crippen MR) is 82.3 cm³/mol. The minimum Gasteiger partial charge on any atom is -0.493 e. The summed E-state index contributed by atoms with van der Waals surface area (Å²) < 4.78 is 5.47. The third-order valence-corrected chi connectivity index (χ3v) is 3.65. The number of ether oxygens (including phenoxy) is 1. The van der Waals surface area contributed by atoms with Crippen LogP contribution in [0.4, 0.5) is 0 Å². The number of aliphatic carboxylic acids is 1. The van der Waals surface area contributed by atoms with Crippen LogP contribution in [0.15, 0.2) is 24.3 Å². The van der Waals surface area contributed by atoms with Gasteiger partial charge in [0.25, 0.3) is 5.91 Å². The molecule has 2 N–H and O–H groups in total. The first kappa shape index (κ1) is 16.8. The molecular weight excluding hydrogens is 300 g/mol. The highest BCUT2D eigenvalue weighted by molar-refractivity contribution is 6.00. The molecule has 0 bridgehead atoms. The topological polar surface area (TPSA) is 95.9 Å². The van der Waals surface area contributed by atoms with Crippen LogP contribution < -0.4 is 10.1 Å². The molecule has 1 atom stereocenters. The van der Waals surface area contributed by atoms with Gasteiger partial charge in [0.15, 0.2) is 0 Å². The lowest BCUT2D eigenvalue weighted by atomic mass is 10.1. The summed E-state index contributed by atoms with van der Waals surface area (Å²) in [5.41, 5.74) is 0.410. The molecule has 124 valence electrons. The number of amides is 2. The number of nitrogens with zero attached hydrogens (tertiary/aromatic N) is 1. The number of rotatable bonds is 6. The molecule has 1 aromatic carbocycles. The summed E-state index contributed by atoms with van der Waals surface area (Å²) in [6.45, 7) is 2.28. The normalized spacial score (nSPS) is 16.9. The van der Waals surface area contributed by atoms with Gasteiger partial charge in [-0.25, -0.2) is 0 Å². The van der Waals surface area contributed by atoms with Gasteiger partial charge in [0.1, 0.15) is 18.3 Å². The van der Waals surface area contributed by atoms with Gasteiger partial charge in [-0.1, -0.05) is 12.1 Å². The predicted octanol–water partition coefficient (Wildman–Crippen LogP) is 0.891. The Morgan fingerprint density at radius 3 is 2.78 bits per heavy atom. The van der Waals surface area contributed by atoms with Crippen molar-refractivity contribution in [3.8, 4) is 5.75 Å². The molecule has 0 aromatic heterocycles. The molecule has 2 rings (SSSR count). The SMILES string of the molecule is CCOc1ccccc1C(=O)N1CCCC1C(=O)NCC(=O)O. The highest BCUT2D eigenvalue weighted by Gasteiger charge is 2.35. The Morgan fingerprint density at radius 2 is 2.09 bits per heavy atom. The van der Waals surface area contributed by atoms with Crippen molar-refractivity contribution in [3.63, 3.8) is 0 Å². The minimum atomic E-state index is -1.11. The molecule has 23 heavy (non-hydrogen) atoms. The highest BCUT2D eigenvalue weighted by Crippen LogP contribution is 2.25. The van der Waals surface area contributed by atoms with E-state index < -0.39 is 24.5 Å². The minimum absolute atomic E-state index is 0.276. The zero-order valence-corrected chi connectivity index (χ0v) is 12.9. The maximum absolute atomic E-state index is 12.7. The van der Waals surface area contributed by atoms with Gasteiger partial charge < -0.3 is 20.1 Å². The maximum Gasteiger partial charge on any atom is 0.322 e. The van der Waals surface area contributed by atoms with Gasteiger partial charge in [-0.05, 0) is 31.9 Å². The molecule has 0 spiro atoms. The van der Waals surface area contributed by atoms with E-state index in [0.717, 1.165) is 0 Å². The Kier molecular flexibility index (Phi) is 5.56. The summed E-state index contributed by atoms with van der Waals surface area (Å²) >= 11 is 0. The Labute approximate surface area is 134 Å². The molecule has 1 aromatic rings. The summed E-state index contributed by atoms with van der Waals surface area (Å²) in [5, 5.41) is 11.0. The van der Waals surface area contributed by atoms with Crippen molar-refractivity contribution in [1.82, 2.24) is 10.2 Å². The van der Waals surface area contributed by atoms with Gasteiger partial charge in [-0.2, -0.15) is 0 Å². The molecule has 1 heterocycles. The van der Waals surface area contributed by atoms with Crippen LogP contribution in [-0.4, -0.2) is 53.5 Å². The molecule has 1 unspecified atom stereocenters. The van der Waals surface area contributed by atoms with Crippen molar-refractivity contribution >= 4 is 17.8 Å². The number of hydrogen-bond acceptors (Lipinski definition) is 4. The third kappa shape index (κ3) is 4.00. The van der Waals surface area contributed by atoms with E-state index in [4.69, 9.17) is 9.84 Å². The van der Waals surface area contributed by atoms with Gasteiger partial charge in [0, 0.05) is 6.54 Å². The number of likely N-dealkylation sites (tertiary alicyclic amines) is 1. The molecule has 1 fully saturated rings. The van der Waals surface area contributed by atoms with Gasteiger partial charge >= 0.3 is 5.97 Å². The maximum atomic E-state index is 12.7. The highest BCUT2D eigenvalue weighted by atomic mass is 16.5. The molecule has 0 radical (unpaired) electrons. The second kappa shape index (κ2) is 7.62. The van der Waals surface area contributed by atoms with E-state index in [1.165, 1.54) is 4.90 Å². The molecule has 0 aliphatic carbocycles. The van der Waals surface area contributed by atoms with Gasteiger partial charge in [-0.15, -0.1) is 0 Å². The summed E-state index contributed by atoms with van der Waals surface area (Å²) in [5.74, 6) is -1.35. The van der Waals surface area contributed by atoms with E-state index in [0.29, 0.717) is 37.3 Å². The monoisotopic (exact) mass is 320 g/mol. The summed E-state index contributed by atoms with van der Waals surface area (Å²) in [6.07, 6.45) is 1.22. The van der Waals surface area contributed by atoms with E-state index in [1.54, 1.807) is 24.3 Å². The van der Waals surface area contributed by atoms with Crippen molar-refractivity contribution in [1.29, 1.82) is 0 Å². The number of para-hydroxylation sites is 1. The fourth-order valence-corrected chi connectivity index (χ4v) is 2.64. The van der Waals surface area contributed by atoms with Crippen LogP contribution in [0, 0.1) is 0 Å². The first-order chi connectivity index (χ1) is 11.0. The third-order valence-electron chi connectivity index (χ3n) is 3.65. The number of carbonyl (C=O) groups excluding carboxylic acids is 2. The molecule has 7 nitrogen and oxygen atoms in total. The average Bonchev–Trinajstić information content (AvgIpc) is 3.02. The van der Waals surface area contributed by atoms with Crippen LogP contribution in [0.3, 0.4) is 0 Å². The van der Waals surface area contributed by atoms with Gasteiger partial charge in [0.05, 0.1) is 12.2 Å². The first-order valence-corrected chi connectivity index (χ1v) is 7.57. The second-order valence-electron chi connectivity index (χ2n) is 5.20. The number of carboxylic acids is 1. The zero-order chi connectivity index (χ0) is 16.8. The van der Waals surface area contributed by atoms with Crippen LogP contribution in [0.2, 0.25) is 0 Å². The van der Waals surface area contributed by atoms with Crippen LogP contribution in [0.5, 0.6) is 5.75 Å². The van der Waals surface area contributed by atoms with Crippen LogP contribution in [0.1, 0.15) is 30.1 Å². The standard InChI is InChI=1S/C16H20N2O5/c1-2-23-13-8-4-3-6-11(13)16(22)18-9-5-7-12(18)15(21)17-10-14(19)20/h3-4,6,8,12H,2,5,7,9-10H2,1H3,(H,17,21)(H,19,20). The van der Waals surface area contributed by atoms with Crippen LogP contribution in [0.25, 0.3) is 0 Å². The smallest absolute Gasteiger partial charge is 0.322 e. The molecule has 1 aliphatic heterocycles. The molecular formula is C16H20N2O5. The lowest BCUT2D eigenvalue weighted by Gasteiger charge is -2.24. The Bertz CT molecular complexity index is 602. The number of carbonyl (C=O) groups is 3. The molecule has 7 heteroatoms. The van der Waals surface area contributed by atoms with E-state index in [2.05, 4.69) is 5.32 Å². The van der Waals surface area contributed by atoms with Gasteiger partial charge in [-0.3, -0.25) is 14.4 Å². The number of nitrogens with one attached hydrogen (secondary N) is 1. The van der Waals surface area contributed by atoms with E-state index in [1.807, 2.05) is 6.92 Å². The quantitative estimate of drug-likeness (QED) is 0.811. The van der Waals surface area contributed by atoms with E-state index in [9.17, 15) is 14.4 Å². The molecule has 1 aliphatic rings. The summed E-state index contributed by atoms with van der Waals surface area (Å²) in [6, 6.07) is 6.26. The lowest BCUT2D eigenvalue weighted by Crippen LogP contribution is -2.47. The Balaban J connectivity index is 2.14. The number of carboxylic acid groups (broad SMARTS) is 1. The molecule has 2 amide bonds. The van der Waals surface area contributed by atoms with Crippen molar-refractivity contribution in [3.05, 3.63) is 29.8 Å². The van der Waals surface area contributed by atoms with Crippen molar-refractivity contribution in [2.45, 2.75) is 25.8 Å². The van der Waals surface area contributed by atoms with E-state index in [-0.39, 0.29) is 5.91 Å². The van der Waals surface area contributed by atoms with Crippen LogP contribution in [-0.2, 0) is 9.59 Å². The fourth-order valence-electron chi connectivity index (χ4n) is 2.64. The van der Waals surface area contributed by atoms with Crippen molar-refractivity contribution < 1.29 is 24.2 Å². The second-order valence-corrected chi connectivity index (χ2v) is 5.20. The van der Waals surface area contributed by atoms with E-state index >= 15 is 0 Å². The first-order valence-electron chi connectivity index (χ1n) is 7.57.